The van der Waals surface area contributed by atoms with Crippen LogP contribution in [0.3, 0.4) is 0 Å². The fraction of sp³-hybridized carbons (Fsp3) is 0.286. The van der Waals surface area contributed by atoms with Crippen molar-refractivity contribution in [3.63, 3.8) is 0 Å². The lowest BCUT2D eigenvalue weighted by Crippen LogP contribution is -2.03. The minimum absolute atomic E-state index is 0.0113. The van der Waals surface area contributed by atoms with E-state index in [9.17, 15) is 4.79 Å². The third kappa shape index (κ3) is 2.38. The Bertz CT molecular complexity index is 666. The molecule has 0 amide bonds. The van der Waals surface area contributed by atoms with Gasteiger partial charge in [-0.25, -0.2) is 4.98 Å². The van der Waals surface area contributed by atoms with Crippen molar-refractivity contribution in [3.05, 3.63) is 29.5 Å². The predicted molar refractivity (Wildman–Crippen MR) is 76.3 cm³/mol. The Balaban J connectivity index is 1.96. The molecule has 0 saturated heterocycles. The number of hydrogen-bond acceptors (Lipinski definition) is 4. The molecule has 2 aromatic rings. The molecule has 0 spiro atoms. The summed E-state index contributed by atoms with van der Waals surface area (Å²) in [7, 11) is 1.64. The number of nitrogens with one attached hydrogen (secondary N) is 1. The normalized spacial score (nSPS) is 12.7. The highest BCUT2D eigenvalue weighted by Crippen LogP contribution is 2.35. The highest BCUT2D eigenvalue weighted by molar-refractivity contribution is 7.99. The number of aliphatic carboxylic acids is 1. The number of imidazole rings is 1. The molecule has 20 heavy (non-hydrogen) atoms. The van der Waals surface area contributed by atoms with Gasteiger partial charge in [-0.3, -0.25) is 4.79 Å². The molecule has 0 aliphatic heterocycles. The first kappa shape index (κ1) is 13.1. The van der Waals surface area contributed by atoms with Crippen molar-refractivity contribution >= 4 is 17.7 Å². The molecule has 1 heterocycles. The van der Waals surface area contributed by atoms with Gasteiger partial charge in [0, 0.05) is 11.3 Å². The molecule has 0 saturated carbocycles. The van der Waals surface area contributed by atoms with Crippen molar-refractivity contribution in [2.75, 3.05) is 12.9 Å². The number of ether oxygens (including phenoxy) is 1. The smallest absolute Gasteiger partial charge is 0.313 e. The van der Waals surface area contributed by atoms with Gasteiger partial charge in [-0.05, 0) is 30.5 Å². The van der Waals surface area contributed by atoms with E-state index in [1.165, 1.54) is 17.3 Å². The van der Waals surface area contributed by atoms with Gasteiger partial charge in [-0.2, -0.15) is 0 Å². The van der Waals surface area contributed by atoms with E-state index in [2.05, 4.69) is 16.0 Å². The quantitative estimate of drug-likeness (QED) is 0.845. The van der Waals surface area contributed by atoms with Gasteiger partial charge in [-0.1, -0.05) is 17.8 Å². The number of nitrogens with zero attached hydrogens (tertiary/aromatic N) is 1. The van der Waals surface area contributed by atoms with Gasteiger partial charge in [-0.15, -0.1) is 0 Å². The first-order chi connectivity index (χ1) is 9.67. The van der Waals surface area contributed by atoms with E-state index in [1.54, 1.807) is 7.11 Å². The van der Waals surface area contributed by atoms with Crippen LogP contribution in [-0.2, 0) is 17.6 Å². The Morgan fingerprint density at radius 3 is 3.10 bits per heavy atom. The monoisotopic (exact) mass is 290 g/mol. The lowest BCUT2D eigenvalue weighted by Gasteiger charge is -2.15. The first-order valence-electron chi connectivity index (χ1n) is 6.28. The molecule has 3 rings (SSSR count). The largest absolute Gasteiger partial charge is 0.497 e. The molecule has 0 fully saturated rings. The summed E-state index contributed by atoms with van der Waals surface area (Å²) in [6, 6.07) is 6.01. The maximum absolute atomic E-state index is 10.6. The molecule has 1 aromatic carbocycles. The van der Waals surface area contributed by atoms with Crippen molar-refractivity contribution in [2.45, 2.75) is 18.0 Å². The second-order valence-electron chi connectivity index (χ2n) is 4.57. The topological polar surface area (TPSA) is 75.2 Å². The molecule has 0 radical (unpaired) electrons. The van der Waals surface area contributed by atoms with Crippen molar-refractivity contribution in [3.8, 4) is 17.0 Å². The number of rotatable bonds is 4. The molecule has 0 bridgehead atoms. The lowest BCUT2D eigenvalue weighted by atomic mass is 9.92. The van der Waals surface area contributed by atoms with Gasteiger partial charge in [0.2, 0.25) is 0 Å². The molecule has 0 unspecified atom stereocenters. The van der Waals surface area contributed by atoms with Crippen LogP contribution < -0.4 is 4.74 Å². The number of benzene rings is 1. The minimum Gasteiger partial charge on any atom is -0.497 e. The highest BCUT2D eigenvalue weighted by Gasteiger charge is 2.21. The Morgan fingerprint density at radius 1 is 1.50 bits per heavy atom. The number of hydrogen-bond donors (Lipinski definition) is 2. The van der Waals surface area contributed by atoms with Gasteiger partial charge in [0.05, 0.1) is 18.6 Å². The van der Waals surface area contributed by atoms with Gasteiger partial charge in [0.1, 0.15) is 5.75 Å². The number of thioether (sulfide) groups is 1. The van der Waals surface area contributed by atoms with Crippen molar-refractivity contribution in [1.29, 1.82) is 0 Å². The summed E-state index contributed by atoms with van der Waals surface area (Å²) in [5, 5.41) is 9.38. The average molecular weight is 290 g/mol. The summed E-state index contributed by atoms with van der Waals surface area (Å²) in [5.74, 6) is -0.0250. The van der Waals surface area contributed by atoms with E-state index >= 15 is 0 Å². The van der Waals surface area contributed by atoms with E-state index in [0.29, 0.717) is 5.16 Å². The maximum Gasteiger partial charge on any atom is 0.313 e. The lowest BCUT2D eigenvalue weighted by molar-refractivity contribution is -0.133. The average Bonchev–Trinajstić information content (AvgIpc) is 2.88. The zero-order valence-corrected chi connectivity index (χ0v) is 11.8. The van der Waals surface area contributed by atoms with Crippen LogP contribution in [0.4, 0.5) is 0 Å². The summed E-state index contributed by atoms with van der Waals surface area (Å²) in [6.07, 6.45) is 1.85. The number of carboxylic acid groups (broad SMARTS) is 1. The molecule has 5 nitrogen and oxygen atoms in total. The van der Waals surface area contributed by atoms with Crippen molar-refractivity contribution in [2.24, 2.45) is 0 Å². The van der Waals surface area contributed by atoms with E-state index < -0.39 is 5.97 Å². The third-order valence-electron chi connectivity index (χ3n) is 3.31. The highest BCUT2D eigenvalue weighted by atomic mass is 32.2. The Morgan fingerprint density at radius 2 is 2.35 bits per heavy atom. The summed E-state index contributed by atoms with van der Waals surface area (Å²) < 4.78 is 5.26. The second-order valence-corrected chi connectivity index (χ2v) is 5.54. The maximum atomic E-state index is 10.6. The minimum atomic E-state index is -0.841. The molecule has 1 aliphatic carbocycles. The molecule has 2 N–H and O–H groups in total. The van der Waals surface area contributed by atoms with Crippen molar-refractivity contribution < 1.29 is 14.6 Å². The fourth-order valence-electron chi connectivity index (χ4n) is 2.37. The molecule has 6 heteroatoms. The number of aromatic nitrogens is 2. The van der Waals surface area contributed by atoms with Gasteiger partial charge in [0.15, 0.2) is 5.16 Å². The number of fused-ring (bicyclic) bond motifs is 3. The standard InChI is InChI=1S/C14H14N2O3S/c1-19-9-4-2-8-3-5-11-13(10(8)6-9)16-14(15-11)20-7-12(17)18/h2,4,6H,3,5,7H2,1H3,(H,15,16)(H,17,18). The summed E-state index contributed by atoms with van der Waals surface area (Å²) in [6.45, 7) is 0. The molecule has 1 aliphatic rings. The van der Waals surface area contributed by atoms with Crippen molar-refractivity contribution in [1.82, 2.24) is 9.97 Å². The zero-order chi connectivity index (χ0) is 14.1. The second kappa shape index (κ2) is 5.20. The van der Waals surface area contributed by atoms with E-state index in [-0.39, 0.29) is 5.75 Å². The van der Waals surface area contributed by atoms with Gasteiger partial charge in [0.25, 0.3) is 0 Å². The number of methoxy groups -OCH3 is 1. The summed E-state index contributed by atoms with van der Waals surface area (Å²) >= 11 is 1.21. The molecular formula is C14H14N2O3S. The van der Waals surface area contributed by atoms with E-state index in [4.69, 9.17) is 9.84 Å². The molecule has 104 valence electrons. The SMILES string of the molecule is COc1ccc2c(c1)-c1nc(SCC(=O)O)[nH]c1CC2. The Hall–Kier alpha value is -1.95. The molecule has 0 atom stereocenters. The number of aryl methyl sites for hydroxylation is 2. The number of carboxylic acids is 1. The van der Waals surface area contributed by atoms with Crippen LogP contribution >= 0.6 is 11.8 Å². The summed E-state index contributed by atoms with van der Waals surface area (Å²) in [5.41, 5.74) is 4.31. The molecular weight excluding hydrogens is 276 g/mol. The Kier molecular flexibility index (Phi) is 3.40. The van der Waals surface area contributed by atoms with Crippen LogP contribution in [0.25, 0.3) is 11.3 Å². The van der Waals surface area contributed by atoms with Crippen LogP contribution in [0.2, 0.25) is 0 Å². The number of aromatic amines is 1. The fourth-order valence-corrected chi connectivity index (χ4v) is 2.98. The van der Waals surface area contributed by atoms with E-state index in [0.717, 1.165) is 35.5 Å². The zero-order valence-electron chi connectivity index (χ0n) is 11.0. The van der Waals surface area contributed by atoms with Gasteiger partial charge < -0.3 is 14.8 Å². The van der Waals surface area contributed by atoms with Crippen LogP contribution in [-0.4, -0.2) is 33.9 Å². The Labute approximate surface area is 120 Å². The van der Waals surface area contributed by atoms with E-state index in [1.807, 2.05) is 12.1 Å². The van der Waals surface area contributed by atoms with Crippen LogP contribution in [0.15, 0.2) is 23.4 Å². The van der Waals surface area contributed by atoms with Crippen LogP contribution in [0.5, 0.6) is 5.75 Å². The third-order valence-corrected chi connectivity index (χ3v) is 4.16. The van der Waals surface area contributed by atoms with Gasteiger partial charge >= 0.3 is 5.97 Å². The summed E-state index contributed by atoms with van der Waals surface area (Å²) in [4.78, 5) is 18.4. The van der Waals surface area contributed by atoms with Crippen LogP contribution in [0.1, 0.15) is 11.3 Å². The molecule has 1 aromatic heterocycles. The number of H-pyrrole nitrogens is 1. The number of carbonyl (C=O) groups is 1. The van der Waals surface area contributed by atoms with Crippen LogP contribution in [0, 0.1) is 0 Å². The predicted octanol–water partition coefficient (Wildman–Crippen LogP) is 2.36. The first-order valence-corrected chi connectivity index (χ1v) is 7.26.